The number of aryl methyl sites for hydroxylation is 1. The largest absolute Gasteiger partial charge is 0.336 e. The third kappa shape index (κ3) is 3.14. The minimum Gasteiger partial charge on any atom is -0.336 e. The molecule has 0 fully saturated rings. The summed E-state index contributed by atoms with van der Waals surface area (Å²) < 4.78 is 15.2. The zero-order valence-electron chi connectivity index (χ0n) is 11.2. The van der Waals surface area contributed by atoms with Crippen LogP contribution in [0.25, 0.3) is 0 Å². The van der Waals surface area contributed by atoms with E-state index in [9.17, 15) is 9.18 Å². The number of halogens is 2. The van der Waals surface area contributed by atoms with Crippen LogP contribution in [0.15, 0.2) is 24.4 Å². The van der Waals surface area contributed by atoms with Crippen LogP contribution in [0.5, 0.6) is 0 Å². The van der Waals surface area contributed by atoms with Crippen LogP contribution in [-0.4, -0.2) is 32.8 Å². The molecule has 0 radical (unpaired) electrons. The predicted molar refractivity (Wildman–Crippen MR) is 72.9 cm³/mol. The van der Waals surface area contributed by atoms with Crippen LogP contribution in [0.4, 0.5) is 4.39 Å². The van der Waals surface area contributed by atoms with Gasteiger partial charge in [-0.15, -0.1) is 5.10 Å². The standard InChI is InChI=1S/C13H14ClFN4O/c1-3-19-8-12(16-17-19)13(20)18(2)7-9-6-10(14)4-5-11(9)15/h4-6,8H,3,7H2,1-2H3. The van der Waals surface area contributed by atoms with Gasteiger partial charge in [-0.25, -0.2) is 4.39 Å². The van der Waals surface area contributed by atoms with Gasteiger partial charge in [-0.1, -0.05) is 16.8 Å². The molecule has 1 amide bonds. The highest BCUT2D eigenvalue weighted by Gasteiger charge is 2.17. The van der Waals surface area contributed by atoms with Gasteiger partial charge in [0.15, 0.2) is 5.69 Å². The zero-order chi connectivity index (χ0) is 14.7. The molecule has 1 aromatic heterocycles. The van der Waals surface area contributed by atoms with E-state index in [4.69, 9.17) is 11.6 Å². The van der Waals surface area contributed by atoms with E-state index in [2.05, 4.69) is 10.3 Å². The van der Waals surface area contributed by atoms with Gasteiger partial charge in [-0.3, -0.25) is 9.48 Å². The number of carbonyl (C=O) groups excluding carboxylic acids is 1. The molecule has 0 aliphatic carbocycles. The van der Waals surface area contributed by atoms with Crippen molar-refractivity contribution < 1.29 is 9.18 Å². The third-order valence-electron chi connectivity index (χ3n) is 2.84. The van der Waals surface area contributed by atoms with Crippen LogP contribution in [0, 0.1) is 5.82 Å². The molecule has 0 bridgehead atoms. The van der Waals surface area contributed by atoms with Crippen LogP contribution in [0.3, 0.4) is 0 Å². The van der Waals surface area contributed by atoms with Gasteiger partial charge in [0.05, 0.1) is 6.20 Å². The fourth-order valence-electron chi connectivity index (χ4n) is 1.74. The van der Waals surface area contributed by atoms with E-state index in [1.165, 1.54) is 23.1 Å². The molecule has 20 heavy (non-hydrogen) atoms. The summed E-state index contributed by atoms with van der Waals surface area (Å²) in [5.74, 6) is -0.713. The van der Waals surface area contributed by atoms with E-state index in [0.29, 0.717) is 17.1 Å². The Morgan fingerprint density at radius 1 is 1.50 bits per heavy atom. The summed E-state index contributed by atoms with van der Waals surface area (Å²) in [4.78, 5) is 13.5. The minimum atomic E-state index is -0.397. The SMILES string of the molecule is CCn1cc(C(=O)N(C)Cc2cc(Cl)ccc2F)nn1. The quantitative estimate of drug-likeness (QED) is 0.870. The molecule has 0 aliphatic rings. The zero-order valence-corrected chi connectivity index (χ0v) is 11.9. The van der Waals surface area contributed by atoms with Crippen molar-refractivity contribution in [3.05, 3.63) is 46.5 Å². The van der Waals surface area contributed by atoms with Crippen LogP contribution in [0.1, 0.15) is 23.0 Å². The molecule has 0 atom stereocenters. The molecule has 0 saturated heterocycles. The predicted octanol–water partition coefficient (Wildman–Crippen LogP) is 2.36. The second-order valence-electron chi connectivity index (χ2n) is 4.36. The summed E-state index contributed by atoms with van der Waals surface area (Å²) in [7, 11) is 1.58. The fourth-order valence-corrected chi connectivity index (χ4v) is 1.93. The monoisotopic (exact) mass is 296 g/mol. The van der Waals surface area contributed by atoms with Gasteiger partial charge in [0, 0.05) is 30.7 Å². The summed E-state index contributed by atoms with van der Waals surface area (Å²) in [6.07, 6.45) is 1.56. The summed E-state index contributed by atoms with van der Waals surface area (Å²) in [5.41, 5.74) is 0.591. The van der Waals surface area contributed by atoms with Crippen LogP contribution < -0.4 is 0 Å². The lowest BCUT2D eigenvalue weighted by Gasteiger charge is -2.16. The lowest BCUT2D eigenvalue weighted by atomic mass is 10.2. The molecular formula is C13H14ClFN4O. The van der Waals surface area contributed by atoms with Crippen molar-refractivity contribution in [3.63, 3.8) is 0 Å². The van der Waals surface area contributed by atoms with E-state index in [1.54, 1.807) is 17.9 Å². The van der Waals surface area contributed by atoms with Crippen molar-refractivity contribution >= 4 is 17.5 Å². The van der Waals surface area contributed by atoms with Gasteiger partial charge in [0.25, 0.3) is 5.91 Å². The fraction of sp³-hybridized carbons (Fsp3) is 0.308. The van der Waals surface area contributed by atoms with Crippen LogP contribution >= 0.6 is 11.6 Å². The molecule has 7 heteroatoms. The number of benzene rings is 1. The van der Waals surface area contributed by atoms with E-state index >= 15 is 0 Å². The highest BCUT2D eigenvalue weighted by molar-refractivity contribution is 6.30. The molecular weight excluding hydrogens is 283 g/mol. The molecule has 2 rings (SSSR count). The maximum Gasteiger partial charge on any atom is 0.276 e. The maximum atomic E-state index is 13.6. The lowest BCUT2D eigenvalue weighted by molar-refractivity contribution is 0.0778. The second-order valence-corrected chi connectivity index (χ2v) is 4.79. The number of hydrogen-bond acceptors (Lipinski definition) is 3. The first-order valence-electron chi connectivity index (χ1n) is 6.10. The summed E-state index contributed by atoms with van der Waals surface area (Å²) in [5, 5.41) is 8.02. The van der Waals surface area contributed by atoms with Crippen molar-refractivity contribution in [2.75, 3.05) is 7.05 Å². The van der Waals surface area contributed by atoms with Gasteiger partial charge in [0.1, 0.15) is 5.82 Å². The Morgan fingerprint density at radius 3 is 2.90 bits per heavy atom. The minimum absolute atomic E-state index is 0.115. The molecule has 0 unspecified atom stereocenters. The van der Waals surface area contributed by atoms with Gasteiger partial charge < -0.3 is 4.90 Å². The molecule has 0 N–H and O–H groups in total. The molecule has 0 spiro atoms. The van der Waals surface area contributed by atoms with E-state index < -0.39 is 5.82 Å². The van der Waals surface area contributed by atoms with E-state index in [1.807, 2.05) is 6.92 Å². The van der Waals surface area contributed by atoms with E-state index in [0.717, 1.165) is 0 Å². The topological polar surface area (TPSA) is 51.0 Å². The molecule has 0 saturated carbocycles. The Morgan fingerprint density at radius 2 is 2.25 bits per heavy atom. The van der Waals surface area contributed by atoms with Gasteiger partial charge in [0.2, 0.25) is 0 Å². The Labute approximate surface area is 120 Å². The molecule has 1 aromatic carbocycles. The third-order valence-corrected chi connectivity index (χ3v) is 3.08. The van der Waals surface area contributed by atoms with Crippen LogP contribution in [-0.2, 0) is 13.1 Å². The Hall–Kier alpha value is -1.95. The molecule has 0 aliphatic heterocycles. The first-order valence-corrected chi connectivity index (χ1v) is 6.48. The van der Waals surface area contributed by atoms with Gasteiger partial charge in [-0.05, 0) is 25.1 Å². The molecule has 2 aromatic rings. The van der Waals surface area contributed by atoms with Gasteiger partial charge >= 0.3 is 0 Å². The van der Waals surface area contributed by atoms with Gasteiger partial charge in [-0.2, -0.15) is 0 Å². The first-order chi connectivity index (χ1) is 9.51. The average molecular weight is 297 g/mol. The number of amides is 1. The summed E-state index contributed by atoms with van der Waals surface area (Å²) in [6, 6.07) is 4.25. The molecule has 106 valence electrons. The summed E-state index contributed by atoms with van der Waals surface area (Å²) >= 11 is 5.82. The normalized spacial score (nSPS) is 10.6. The first kappa shape index (κ1) is 14.5. The Kier molecular flexibility index (Phi) is 4.34. The van der Waals surface area contributed by atoms with Crippen molar-refractivity contribution in [1.29, 1.82) is 0 Å². The van der Waals surface area contributed by atoms with E-state index in [-0.39, 0.29) is 18.1 Å². The van der Waals surface area contributed by atoms with Crippen molar-refractivity contribution in [3.8, 4) is 0 Å². The second kappa shape index (κ2) is 6.00. The lowest BCUT2D eigenvalue weighted by Crippen LogP contribution is -2.27. The maximum absolute atomic E-state index is 13.6. The number of nitrogens with zero attached hydrogens (tertiary/aromatic N) is 4. The molecule has 1 heterocycles. The highest BCUT2D eigenvalue weighted by atomic mass is 35.5. The van der Waals surface area contributed by atoms with Crippen molar-refractivity contribution in [2.24, 2.45) is 0 Å². The smallest absolute Gasteiger partial charge is 0.276 e. The van der Waals surface area contributed by atoms with Crippen LogP contribution in [0.2, 0.25) is 5.02 Å². The summed E-state index contributed by atoms with van der Waals surface area (Å²) in [6.45, 7) is 2.64. The number of carbonyl (C=O) groups is 1. The Balaban J connectivity index is 2.13. The average Bonchev–Trinajstić information content (AvgIpc) is 2.90. The molecule has 5 nitrogen and oxygen atoms in total. The van der Waals surface area contributed by atoms with Crippen molar-refractivity contribution in [1.82, 2.24) is 19.9 Å². The highest BCUT2D eigenvalue weighted by Crippen LogP contribution is 2.16. The number of aromatic nitrogens is 3. The Bertz CT molecular complexity index is 629. The van der Waals surface area contributed by atoms with Crippen molar-refractivity contribution in [2.45, 2.75) is 20.0 Å². The number of hydrogen-bond donors (Lipinski definition) is 0. The number of rotatable bonds is 4.